The van der Waals surface area contributed by atoms with Gasteiger partial charge in [-0.2, -0.15) is 12.6 Å². The lowest BCUT2D eigenvalue weighted by molar-refractivity contribution is 1.71. The molecule has 1 aliphatic rings. The Labute approximate surface area is 50.6 Å². The second-order valence-corrected chi connectivity index (χ2v) is 3.94. The van der Waals surface area contributed by atoms with E-state index in [2.05, 4.69) is 18.0 Å². The summed E-state index contributed by atoms with van der Waals surface area (Å²) in [5.41, 5.74) is 0. The van der Waals surface area contributed by atoms with E-state index in [0.29, 0.717) is 4.58 Å². The molecule has 0 aliphatic carbocycles. The van der Waals surface area contributed by atoms with Gasteiger partial charge in [0.2, 0.25) is 0 Å². The van der Waals surface area contributed by atoms with Gasteiger partial charge in [-0.3, -0.25) is 0 Å². The van der Waals surface area contributed by atoms with Crippen LogP contribution in [0.15, 0.2) is 6.08 Å². The van der Waals surface area contributed by atoms with Crippen LogP contribution in [0, 0.1) is 5.41 Å². The zero-order valence-electron chi connectivity index (χ0n) is 2.92. The maximum atomic E-state index is 4.12. The maximum Gasteiger partial charge on any atom is 0.0774 e. The van der Waals surface area contributed by atoms with Crippen LogP contribution in [0.2, 0.25) is 0 Å². The van der Waals surface area contributed by atoms with E-state index in [1.165, 1.54) is 0 Å². The Morgan fingerprint density at radius 3 is 2.83 bits per heavy atom. The summed E-state index contributed by atoms with van der Waals surface area (Å²) in [6.45, 7) is 0. The molecule has 0 nitrogen and oxygen atoms in total. The van der Waals surface area contributed by atoms with Crippen LogP contribution in [0.1, 0.15) is 0 Å². The van der Waals surface area contributed by atoms with E-state index < -0.39 is 0 Å². The standard InChI is InChI=1S/C3H3S3/c4-3-1-2-5-6-3/h1,3-4H. The molecule has 0 N–H and O–H groups in total. The van der Waals surface area contributed by atoms with Gasteiger partial charge in [-0.05, 0) is 6.08 Å². The molecule has 0 spiro atoms. The van der Waals surface area contributed by atoms with Gasteiger partial charge in [0.25, 0.3) is 0 Å². The fourth-order valence-electron chi connectivity index (χ4n) is 0.191. The number of rotatable bonds is 0. The molecule has 0 aromatic carbocycles. The molecule has 1 heterocycles. The van der Waals surface area contributed by atoms with Gasteiger partial charge in [0.15, 0.2) is 0 Å². The quantitative estimate of drug-likeness (QED) is 0.398. The van der Waals surface area contributed by atoms with Gasteiger partial charge in [-0.25, -0.2) is 0 Å². The molecule has 3 heteroatoms. The van der Waals surface area contributed by atoms with Crippen molar-refractivity contribution < 1.29 is 0 Å². The molecular formula is C3H3S3. The molecule has 0 saturated carbocycles. The highest BCUT2D eigenvalue weighted by molar-refractivity contribution is 8.79. The lowest BCUT2D eigenvalue weighted by Gasteiger charge is -1.87. The normalized spacial score (nSPS) is 31.8. The van der Waals surface area contributed by atoms with Gasteiger partial charge >= 0.3 is 0 Å². The van der Waals surface area contributed by atoms with Crippen LogP contribution >= 0.6 is 34.2 Å². The molecule has 6 heavy (non-hydrogen) atoms. The van der Waals surface area contributed by atoms with E-state index in [1.54, 1.807) is 21.6 Å². The Morgan fingerprint density at radius 1 is 1.83 bits per heavy atom. The third-order valence-electron chi connectivity index (χ3n) is 0.405. The fourth-order valence-corrected chi connectivity index (χ4v) is 2.10. The molecule has 0 fully saturated rings. The first kappa shape index (κ1) is 4.94. The minimum absolute atomic E-state index is 0.384. The predicted octanol–water partition coefficient (Wildman–Crippen LogP) is 1.95. The van der Waals surface area contributed by atoms with Gasteiger partial charge in [0, 0.05) is 5.41 Å². The Kier molecular flexibility index (Phi) is 1.80. The van der Waals surface area contributed by atoms with Gasteiger partial charge in [-0.1, -0.05) is 21.6 Å². The van der Waals surface area contributed by atoms with Crippen molar-refractivity contribution in [1.29, 1.82) is 0 Å². The Bertz CT molecular complexity index is 68.4. The molecule has 1 rings (SSSR count). The van der Waals surface area contributed by atoms with E-state index in [9.17, 15) is 0 Å². The van der Waals surface area contributed by atoms with Crippen molar-refractivity contribution in [2.24, 2.45) is 0 Å². The molecule has 0 aromatic heterocycles. The third kappa shape index (κ3) is 1.13. The Balaban J connectivity index is 2.38. The molecule has 1 unspecified atom stereocenters. The van der Waals surface area contributed by atoms with Crippen molar-refractivity contribution in [2.45, 2.75) is 4.58 Å². The first-order chi connectivity index (χ1) is 2.89. The van der Waals surface area contributed by atoms with Crippen LogP contribution < -0.4 is 0 Å². The van der Waals surface area contributed by atoms with E-state index in [-0.39, 0.29) is 0 Å². The predicted molar refractivity (Wildman–Crippen MR) is 35.8 cm³/mol. The monoisotopic (exact) mass is 135 g/mol. The highest BCUT2D eigenvalue weighted by atomic mass is 33.1. The molecular weight excluding hydrogens is 132 g/mol. The second kappa shape index (κ2) is 2.19. The summed E-state index contributed by atoms with van der Waals surface area (Å²) in [5, 5.41) is 2.95. The van der Waals surface area contributed by atoms with Crippen LogP contribution in [0.5, 0.6) is 0 Å². The summed E-state index contributed by atoms with van der Waals surface area (Å²) in [5.74, 6) is 0. The zero-order valence-corrected chi connectivity index (χ0v) is 5.45. The van der Waals surface area contributed by atoms with Crippen LogP contribution in [-0.4, -0.2) is 4.58 Å². The van der Waals surface area contributed by atoms with Crippen LogP contribution in [-0.2, 0) is 0 Å². The molecule has 0 amide bonds. The van der Waals surface area contributed by atoms with Crippen molar-refractivity contribution in [3.8, 4) is 0 Å². The molecule has 0 saturated heterocycles. The van der Waals surface area contributed by atoms with Crippen LogP contribution in [0.25, 0.3) is 0 Å². The maximum absolute atomic E-state index is 4.12. The summed E-state index contributed by atoms with van der Waals surface area (Å²) >= 11 is 4.12. The Morgan fingerprint density at radius 2 is 2.67 bits per heavy atom. The molecule has 1 radical (unpaired) electrons. The van der Waals surface area contributed by atoms with Crippen LogP contribution in [0.4, 0.5) is 0 Å². The van der Waals surface area contributed by atoms with Crippen molar-refractivity contribution in [3.05, 3.63) is 11.5 Å². The summed E-state index contributed by atoms with van der Waals surface area (Å²) in [4.78, 5) is 0. The minimum Gasteiger partial charge on any atom is -0.160 e. The number of hydrogen-bond acceptors (Lipinski definition) is 3. The van der Waals surface area contributed by atoms with E-state index >= 15 is 0 Å². The smallest absolute Gasteiger partial charge is 0.0774 e. The second-order valence-electron chi connectivity index (χ2n) is 0.855. The van der Waals surface area contributed by atoms with E-state index in [1.807, 2.05) is 6.08 Å². The number of hydrogen-bond donors (Lipinski definition) is 1. The zero-order chi connectivity index (χ0) is 4.41. The molecule has 33 valence electrons. The van der Waals surface area contributed by atoms with Crippen molar-refractivity contribution in [2.75, 3.05) is 0 Å². The molecule has 1 aliphatic heterocycles. The Hall–Kier alpha value is 0.790. The average Bonchev–Trinajstić information content (AvgIpc) is 1.86. The van der Waals surface area contributed by atoms with Gasteiger partial charge < -0.3 is 0 Å². The number of thiol groups is 1. The lowest BCUT2D eigenvalue weighted by Crippen LogP contribution is -1.71. The first-order valence-electron chi connectivity index (χ1n) is 1.49. The SMILES string of the molecule is SC1C=[C]SS1. The van der Waals surface area contributed by atoms with Gasteiger partial charge in [0.05, 0.1) is 4.58 Å². The fraction of sp³-hybridized carbons (Fsp3) is 0.333. The molecule has 1 atom stereocenters. The topological polar surface area (TPSA) is 0 Å². The summed E-state index contributed by atoms with van der Waals surface area (Å²) in [7, 11) is 3.33. The van der Waals surface area contributed by atoms with Crippen molar-refractivity contribution in [1.82, 2.24) is 0 Å². The largest absolute Gasteiger partial charge is 0.160 e. The van der Waals surface area contributed by atoms with Crippen molar-refractivity contribution >= 4 is 34.2 Å². The van der Waals surface area contributed by atoms with E-state index in [0.717, 1.165) is 0 Å². The van der Waals surface area contributed by atoms with Gasteiger partial charge in [0.1, 0.15) is 0 Å². The lowest BCUT2D eigenvalue weighted by atomic mass is 10.7. The van der Waals surface area contributed by atoms with E-state index in [4.69, 9.17) is 0 Å². The minimum atomic E-state index is 0.384. The van der Waals surface area contributed by atoms with Crippen LogP contribution in [0.3, 0.4) is 0 Å². The first-order valence-corrected chi connectivity index (χ1v) is 4.22. The third-order valence-corrected chi connectivity index (χ3v) is 3.16. The molecule has 0 aromatic rings. The average molecular weight is 135 g/mol. The summed E-state index contributed by atoms with van der Waals surface area (Å²) in [6.07, 6.45) is 1.94. The van der Waals surface area contributed by atoms with Crippen molar-refractivity contribution in [3.63, 3.8) is 0 Å². The summed E-state index contributed by atoms with van der Waals surface area (Å²) < 4.78 is 0.384. The summed E-state index contributed by atoms with van der Waals surface area (Å²) in [6, 6.07) is 0. The highest BCUT2D eigenvalue weighted by Gasteiger charge is 2.02. The highest BCUT2D eigenvalue weighted by Crippen LogP contribution is 2.36. The molecule has 0 bridgehead atoms. The van der Waals surface area contributed by atoms with Gasteiger partial charge in [-0.15, -0.1) is 0 Å².